The fraction of sp³-hybridized carbons (Fsp3) is 0.130. The van der Waals surface area contributed by atoms with Gasteiger partial charge in [0.1, 0.15) is 11.1 Å². The molecule has 0 aromatic heterocycles. The number of hydrogen-bond donors (Lipinski definition) is 1. The molecule has 1 N–H and O–H groups in total. The molecule has 148 valence electrons. The van der Waals surface area contributed by atoms with Crippen LogP contribution in [0.25, 0.3) is 0 Å². The molecule has 0 fully saturated rings. The van der Waals surface area contributed by atoms with E-state index in [2.05, 4.69) is 5.32 Å². The maximum atomic E-state index is 13.0. The van der Waals surface area contributed by atoms with Crippen molar-refractivity contribution in [3.05, 3.63) is 96.3 Å². The number of esters is 1. The summed E-state index contributed by atoms with van der Waals surface area (Å²) in [6.07, 6.45) is -1.00. The molecule has 0 aliphatic carbocycles. The summed E-state index contributed by atoms with van der Waals surface area (Å²) in [5.41, 5.74) is 1.22. The zero-order chi connectivity index (χ0) is 20.6. The van der Waals surface area contributed by atoms with Crippen LogP contribution >= 0.6 is 11.8 Å². The highest BCUT2D eigenvalue weighted by molar-refractivity contribution is 8.00. The van der Waals surface area contributed by atoms with Crippen molar-refractivity contribution in [2.75, 3.05) is 5.32 Å². The fourth-order valence-electron chi connectivity index (χ4n) is 2.58. The molecule has 0 heterocycles. The van der Waals surface area contributed by atoms with Crippen LogP contribution in [0.15, 0.2) is 89.8 Å². The van der Waals surface area contributed by atoms with E-state index in [-0.39, 0.29) is 0 Å². The van der Waals surface area contributed by atoms with E-state index in [9.17, 15) is 14.0 Å². The van der Waals surface area contributed by atoms with E-state index in [1.807, 2.05) is 60.7 Å². The lowest BCUT2D eigenvalue weighted by Crippen LogP contribution is -2.31. The number of rotatable bonds is 7. The van der Waals surface area contributed by atoms with E-state index >= 15 is 0 Å². The van der Waals surface area contributed by atoms with Crippen LogP contribution in [0.2, 0.25) is 0 Å². The summed E-state index contributed by atoms with van der Waals surface area (Å²) in [7, 11) is 0. The van der Waals surface area contributed by atoms with Crippen LogP contribution < -0.4 is 5.32 Å². The molecule has 0 unspecified atom stereocenters. The zero-order valence-corrected chi connectivity index (χ0v) is 16.6. The number of ether oxygens (including phenoxy) is 1. The predicted octanol–water partition coefficient (Wildman–Crippen LogP) is 5.23. The van der Waals surface area contributed by atoms with Crippen molar-refractivity contribution < 1.29 is 18.7 Å². The second-order valence-electron chi connectivity index (χ2n) is 6.30. The van der Waals surface area contributed by atoms with Crippen molar-refractivity contribution in [2.45, 2.75) is 23.2 Å². The van der Waals surface area contributed by atoms with E-state index in [4.69, 9.17) is 4.74 Å². The number of amides is 1. The molecule has 0 aliphatic rings. The first-order valence-corrected chi connectivity index (χ1v) is 9.94. The average molecular weight is 409 g/mol. The van der Waals surface area contributed by atoms with Crippen LogP contribution in [0.3, 0.4) is 0 Å². The Morgan fingerprint density at radius 3 is 2.10 bits per heavy atom. The fourth-order valence-corrected chi connectivity index (χ4v) is 3.61. The van der Waals surface area contributed by atoms with Crippen LogP contribution in [0, 0.1) is 5.82 Å². The van der Waals surface area contributed by atoms with E-state index in [0.29, 0.717) is 5.69 Å². The molecular formula is C23H20FNO3S. The Morgan fingerprint density at radius 2 is 1.48 bits per heavy atom. The van der Waals surface area contributed by atoms with Gasteiger partial charge >= 0.3 is 5.97 Å². The largest absolute Gasteiger partial charge is 0.451 e. The van der Waals surface area contributed by atoms with Gasteiger partial charge in [0.15, 0.2) is 6.10 Å². The highest BCUT2D eigenvalue weighted by atomic mass is 32.2. The molecule has 0 aliphatic heterocycles. The van der Waals surface area contributed by atoms with Crippen LogP contribution in [0.4, 0.5) is 10.1 Å². The van der Waals surface area contributed by atoms with E-state index in [1.165, 1.54) is 43.0 Å². The van der Waals surface area contributed by atoms with E-state index in [0.717, 1.165) is 10.5 Å². The Bertz CT molecular complexity index is 949. The smallest absolute Gasteiger partial charge is 0.324 e. The van der Waals surface area contributed by atoms with Gasteiger partial charge < -0.3 is 10.1 Å². The summed E-state index contributed by atoms with van der Waals surface area (Å²) in [5, 5.41) is 2.00. The van der Waals surface area contributed by atoms with Gasteiger partial charge in [-0.2, -0.15) is 0 Å². The Hall–Kier alpha value is -3.12. The molecule has 0 saturated carbocycles. The molecular weight excluding hydrogens is 389 g/mol. The number of carbonyl (C=O) groups is 2. The summed E-state index contributed by atoms with van der Waals surface area (Å²) in [4.78, 5) is 26.2. The molecule has 29 heavy (non-hydrogen) atoms. The van der Waals surface area contributed by atoms with Crippen LogP contribution in [-0.2, 0) is 14.3 Å². The van der Waals surface area contributed by atoms with Crippen LogP contribution in [-0.4, -0.2) is 18.0 Å². The normalized spacial score (nSPS) is 12.6. The lowest BCUT2D eigenvalue weighted by Gasteiger charge is -2.19. The third-order valence-corrected chi connectivity index (χ3v) is 5.33. The van der Waals surface area contributed by atoms with E-state index < -0.39 is 29.0 Å². The Kier molecular flexibility index (Phi) is 7.03. The van der Waals surface area contributed by atoms with Gasteiger partial charge in [0, 0.05) is 10.6 Å². The number of hydrogen-bond acceptors (Lipinski definition) is 4. The highest BCUT2D eigenvalue weighted by Crippen LogP contribution is 2.36. The highest BCUT2D eigenvalue weighted by Gasteiger charge is 2.27. The van der Waals surface area contributed by atoms with Gasteiger partial charge in [-0.3, -0.25) is 9.59 Å². The number of benzene rings is 3. The van der Waals surface area contributed by atoms with Crippen molar-refractivity contribution in [3.63, 3.8) is 0 Å². The number of thioether (sulfide) groups is 1. The third-order valence-electron chi connectivity index (χ3n) is 4.09. The second-order valence-corrected chi connectivity index (χ2v) is 7.48. The summed E-state index contributed by atoms with van der Waals surface area (Å²) < 4.78 is 18.5. The van der Waals surface area contributed by atoms with Crippen molar-refractivity contribution in [3.8, 4) is 0 Å². The SMILES string of the molecule is C[C@H](OC(=O)[C@H](Sc1ccccc1)c1ccccc1)C(=O)Nc1ccc(F)cc1. The average Bonchev–Trinajstić information content (AvgIpc) is 2.75. The molecule has 0 radical (unpaired) electrons. The Morgan fingerprint density at radius 1 is 0.897 bits per heavy atom. The maximum Gasteiger partial charge on any atom is 0.324 e. The first kappa shape index (κ1) is 20.6. The van der Waals surface area contributed by atoms with Crippen molar-refractivity contribution >= 4 is 29.3 Å². The lowest BCUT2D eigenvalue weighted by atomic mass is 10.1. The molecule has 2 atom stereocenters. The molecule has 0 bridgehead atoms. The van der Waals surface area contributed by atoms with Gasteiger partial charge in [0.05, 0.1) is 0 Å². The van der Waals surface area contributed by atoms with Gasteiger partial charge in [-0.1, -0.05) is 48.5 Å². The standard InChI is InChI=1S/C23H20FNO3S/c1-16(22(26)25-19-14-12-18(24)13-15-19)28-23(27)21(17-8-4-2-5-9-17)29-20-10-6-3-7-11-20/h2-16,21H,1H3,(H,25,26)/t16-,21+/m0/s1. The molecule has 6 heteroatoms. The third kappa shape index (κ3) is 5.93. The first-order chi connectivity index (χ1) is 14.0. The quantitative estimate of drug-likeness (QED) is 0.429. The molecule has 3 aromatic carbocycles. The van der Waals surface area contributed by atoms with Gasteiger partial charge in [0.25, 0.3) is 5.91 Å². The zero-order valence-electron chi connectivity index (χ0n) is 15.7. The van der Waals surface area contributed by atoms with Crippen molar-refractivity contribution in [2.24, 2.45) is 0 Å². The summed E-state index contributed by atoms with van der Waals surface area (Å²) in [5.74, 6) is -1.39. The minimum atomic E-state index is -1.00. The molecule has 0 spiro atoms. The monoisotopic (exact) mass is 409 g/mol. The topological polar surface area (TPSA) is 55.4 Å². The van der Waals surface area contributed by atoms with Gasteiger partial charge in [-0.15, -0.1) is 11.8 Å². The molecule has 3 aromatic rings. The number of halogens is 1. The van der Waals surface area contributed by atoms with E-state index in [1.54, 1.807) is 0 Å². The van der Waals surface area contributed by atoms with Crippen molar-refractivity contribution in [1.29, 1.82) is 0 Å². The van der Waals surface area contributed by atoms with Crippen molar-refractivity contribution in [1.82, 2.24) is 0 Å². The minimum absolute atomic E-state index is 0.397. The second kappa shape index (κ2) is 9.89. The lowest BCUT2D eigenvalue weighted by molar-refractivity contribution is -0.152. The first-order valence-electron chi connectivity index (χ1n) is 9.06. The number of nitrogens with one attached hydrogen (secondary N) is 1. The predicted molar refractivity (Wildman–Crippen MR) is 112 cm³/mol. The number of anilines is 1. The molecule has 4 nitrogen and oxygen atoms in total. The summed E-state index contributed by atoms with van der Waals surface area (Å²) in [6, 6.07) is 24.2. The van der Waals surface area contributed by atoms with Crippen LogP contribution in [0.5, 0.6) is 0 Å². The van der Waals surface area contributed by atoms with Crippen LogP contribution in [0.1, 0.15) is 17.7 Å². The van der Waals surface area contributed by atoms with Gasteiger partial charge in [0.2, 0.25) is 0 Å². The maximum absolute atomic E-state index is 13.0. The number of carbonyl (C=O) groups excluding carboxylic acids is 2. The minimum Gasteiger partial charge on any atom is -0.451 e. The molecule has 3 rings (SSSR count). The summed E-state index contributed by atoms with van der Waals surface area (Å²) >= 11 is 1.36. The summed E-state index contributed by atoms with van der Waals surface area (Å²) in [6.45, 7) is 1.51. The molecule has 0 saturated heterocycles. The van der Waals surface area contributed by atoms with Gasteiger partial charge in [-0.05, 0) is 48.9 Å². The Labute approximate surface area is 173 Å². The molecule has 1 amide bonds. The van der Waals surface area contributed by atoms with Gasteiger partial charge in [-0.25, -0.2) is 4.39 Å². The Balaban J connectivity index is 1.70.